The van der Waals surface area contributed by atoms with Crippen LogP contribution in [-0.2, 0) is 6.42 Å². The first-order valence-electron chi connectivity index (χ1n) is 4.86. The maximum absolute atomic E-state index is 11.3. The lowest BCUT2D eigenvalue weighted by atomic mass is 10.1. The average molecular weight is 204 g/mol. The number of aromatic nitrogens is 3. The smallest absolute Gasteiger partial charge is 0.254 e. The molecule has 0 atom stereocenters. The summed E-state index contributed by atoms with van der Waals surface area (Å²) in [5.74, 6) is -0.466. The van der Waals surface area contributed by atoms with Crippen LogP contribution in [0, 0.1) is 0 Å². The molecule has 0 radical (unpaired) electrons. The first-order valence-corrected chi connectivity index (χ1v) is 4.86. The predicted molar refractivity (Wildman–Crippen MR) is 55.5 cm³/mol. The number of primary amides is 1. The summed E-state index contributed by atoms with van der Waals surface area (Å²) in [6.07, 6.45) is 5.04. The fourth-order valence-electron chi connectivity index (χ4n) is 1.60. The summed E-state index contributed by atoms with van der Waals surface area (Å²) < 4.78 is 1.59. The van der Waals surface area contributed by atoms with Gasteiger partial charge in [-0.15, -0.1) is 0 Å². The quantitative estimate of drug-likeness (QED) is 0.802. The van der Waals surface area contributed by atoms with Gasteiger partial charge in [0.15, 0.2) is 5.65 Å². The zero-order chi connectivity index (χ0) is 10.8. The van der Waals surface area contributed by atoms with Gasteiger partial charge in [-0.2, -0.15) is 5.10 Å². The topological polar surface area (TPSA) is 73.3 Å². The predicted octanol–water partition coefficient (Wildman–Crippen LogP) is 0.781. The van der Waals surface area contributed by atoms with Gasteiger partial charge in [-0.3, -0.25) is 4.79 Å². The van der Waals surface area contributed by atoms with E-state index in [2.05, 4.69) is 10.1 Å². The summed E-state index contributed by atoms with van der Waals surface area (Å²) in [5.41, 5.74) is 7.03. The molecule has 5 nitrogen and oxygen atoms in total. The molecule has 0 bridgehead atoms. The van der Waals surface area contributed by atoms with Gasteiger partial charge in [-0.05, 0) is 12.5 Å². The molecule has 0 aliphatic rings. The number of nitrogens with two attached hydrogens (primary N) is 1. The van der Waals surface area contributed by atoms with Crippen LogP contribution < -0.4 is 5.73 Å². The van der Waals surface area contributed by atoms with Crippen molar-refractivity contribution in [3.05, 3.63) is 29.7 Å². The van der Waals surface area contributed by atoms with Crippen LogP contribution in [0.4, 0.5) is 0 Å². The number of carbonyl (C=O) groups excluding carboxylic acids is 1. The van der Waals surface area contributed by atoms with Gasteiger partial charge >= 0.3 is 0 Å². The van der Waals surface area contributed by atoms with Crippen molar-refractivity contribution in [1.29, 1.82) is 0 Å². The van der Waals surface area contributed by atoms with Gasteiger partial charge < -0.3 is 5.73 Å². The van der Waals surface area contributed by atoms with Crippen LogP contribution in [0.15, 0.2) is 18.5 Å². The van der Waals surface area contributed by atoms with Crippen LogP contribution in [0.1, 0.15) is 29.4 Å². The fourth-order valence-corrected chi connectivity index (χ4v) is 1.60. The van der Waals surface area contributed by atoms with E-state index in [4.69, 9.17) is 5.73 Å². The number of hydrogen-bond donors (Lipinski definition) is 1. The van der Waals surface area contributed by atoms with Crippen molar-refractivity contribution in [1.82, 2.24) is 14.6 Å². The van der Waals surface area contributed by atoms with Gasteiger partial charge in [0.25, 0.3) is 5.91 Å². The van der Waals surface area contributed by atoms with Crippen molar-refractivity contribution in [2.75, 3.05) is 0 Å². The van der Waals surface area contributed by atoms with Gasteiger partial charge in [-0.25, -0.2) is 9.50 Å². The standard InChI is InChI=1S/C10H12N4O/c1-2-4-7-8(9(11)15)10-12-5-3-6-14(10)13-7/h3,5-6H,2,4H2,1H3,(H2,11,15). The van der Waals surface area contributed by atoms with Gasteiger partial charge in [0.1, 0.15) is 5.56 Å². The molecular weight excluding hydrogens is 192 g/mol. The third-order valence-electron chi connectivity index (χ3n) is 2.20. The highest BCUT2D eigenvalue weighted by Crippen LogP contribution is 2.14. The van der Waals surface area contributed by atoms with Crippen molar-refractivity contribution in [2.45, 2.75) is 19.8 Å². The Bertz CT molecular complexity index is 503. The Labute approximate surface area is 86.9 Å². The molecule has 0 unspecified atom stereocenters. The Hall–Kier alpha value is -1.91. The third kappa shape index (κ3) is 1.56. The SMILES string of the molecule is CCCc1nn2cccnc2c1C(N)=O. The molecule has 0 aliphatic carbocycles. The fraction of sp³-hybridized carbons (Fsp3) is 0.300. The van der Waals surface area contributed by atoms with Crippen molar-refractivity contribution >= 4 is 11.6 Å². The minimum absolute atomic E-state index is 0.442. The maximum atomic E-state index is 11.3. The summed E-state index contributed by atoms with van der Waals surface area (Å²) in [6, 6.07) is 1.76. The normalized spacial score (nSPS) is 10.7. The molecule has 2 aromatic rings. The number of hydrogen-bond acceptors (Lipinski definition) is 3. The second-order valence-corrected chi connectivity index (χ2v) is 3.32. The highest BCUT2D eigenvalue weighted by Gasteiger charge is 2.17. The molecule has 0 saturated carbocycles. The van der Waals surface area contributed by atoms with E-state index in [9.17, 15) is 4.79 Å². The minimum atomic E-state index is -0.466. The molecule has 2 N–H and O–H groups in total. The van der Waals surface area contributed by atoms with Crippen LogP contribution in [0.5, 0.6) is 0 Å². The average Bonchev–Trinajstić information content (AvgIpc) is 2.56. The van der Waals surface area contributed by atoms with Gasteiger partial charge in [0, 0.05) is 12.4 Å². The van der Waals surface area contributed by atoms with Crippen molar-refractivity contribution in [3.8, 4) is 0 Å². The zero-order valence-corrected chi connectivity index (χ0v) is 8.47. The number of amides is 1. The maximum Gasteiger partial charge on any atom is 0.254 e. The lowest BCUT2D eigenvalue weighted by molar-refractivity contribution is 0.100. The van der Waals surface area contributed by atoms with E-state index in [1.54, 1.807) is 23.0 Å². The largest absolute Gasteiger partial charge is 0.365 e. The molecule has 1 amide bonds. The van der Waals surface area contributed by atoms with Crippen LogP contribution in [-0.4, -0.2) is 20.5 Å². The van der Waals surface area contributed by atoms with E-state index in [1.807, 2.05) is 6.92 Å². The molecule has 0 spiro atoms. The number of carbonyl (C=O) groups is 1. The van der Waals surface area contributed by atoms with E-state index >= 15 is 0 Å². The highest BCUT2D eigenvalue weighted by atomic mass is 16.1. The number of nitrogens with zero attached hydrogens (tertiary/aromatic N) is 3. The van der Waals surface area contributed by atoms with Crippen LogP contribution in [0.3, 0.4) is 0 Å². The molecule has 78 valence electrons. The molecule has 0 aromatic carbocycles. The number of rotatable bonds is 3. The molecule has 5 heteroatoms. The molecule has 2 heterocycles. The summed E-state index contributed by atoms with van der Waals surface area (Å²) in [6.45, 7) is 2.03. The van der Waals surface area contributed by atoms with Crippen molar-refractivity contribution < 1.29 is 4.79 Å². The van der Waals surface area contributed by atoms with Crippen molar-refractivity contribution in [2.24, 2.45) is 5.73 Å². The second-order valence-electron chi connectivity index (χ2n) is 3.32. The van der Waals surface area contributed by atoms with Gasteiger partial charge in [0.05, 0.1) is 5.69 Å². The van der Waals surface area contributed by atoms with Gasteiger partial charge in [-0.1, -0.05) is 13.3 Å². The number of fused-ring (bicyclic) bond motifs is 1. The van der Waals surface area contributed by atoms with Crippen LogP contribution in [0.25, 0.3) is 5.65 Å². The molecular formula is C10H12N4O. The van der Waals surface area contributed by atoms with E-state index in [1.165, 1.54) is 0 Å². The molecule has 0 fully saturated rings. The van der Waals surface area contributed by atoms with Crippen molar-refractivity contribution in [3.63, 3.8) is 0 Å². The lowest BCUT2D eigenvalue weighted by Gasteiger charge is -1.94. The minimum Gasteiger partial charge on any atom is -0.365 e. The Kier molecular flexibility index (Phi) is 2.37. The molecule has 0 saturated heterocycles. The Morgan fingerprint density at radius 3 is 3.07 bits per heavy atom. The first-order chi connectivity index (χ1) is 7.24. The Balaban J connectivity index is 2.69. The lowest BCUT2D eigenvalue weighted by Crippen LogP contribution is -2.13. The summed E-state index contributed by atoms with van der Waals surface area (Å²) >= 11 is 0. The summed E-state index contributed by atoms with van der Waals surface area (Å²) in [4.78, 5) is 15.4. The summed E-state index contributed by atoms with van der Waals surface area (Å²) in [7, 11) is 0. The Morgan fingerprint density at radius 2 is 2.40 bits per heavy atom. The molecule has 2 rings (SSSR count). The Morgan fingerprint density at radius 1 is 1.60 bits per heavy atom. The highest BCUT2D eigenvalue weighted by molar-refractivity contribution is 5.99. The first kappa shape index (κ1) is 9.64. The monoisotopic (exact) mass is 204 g/mol. The van der Waals surface area contributed by atoms with E-state index in [-0.39, 0.29) is 0 Å². The van der Waals surface area contributed by atoms with E-state index in [0.717, 1.165) is 18.5 Å². The zero-order valence-electron chi connectivity index (χ0n) is 8.47. The van der Waals surface area contributed by atoms with Gasteiger partial charge in [0.2, 0.25) is 0 Å². The number of aryl methyl sites for hydroxylation is 1. The molecule has 2 aromatic heterocycles. The molecule has 15 heavy (non-hydrogen) atoms. The second kappa shape index (κ2) is 3.68. The van der Waals surface area contributed by atoms with Crippen LogP contribution in [0.2, 0.25) is 0 Å². The van der Waals surface area contributed by atoms with E-state index in [0.29, 0.717) is 11.2 Å². The van der Waals surface area contributed by atoms with Crippen LogP contribution >= 0.6 is 0 Å². The van der Waals surface area contributed by atoms with E-state index < -0.39 is 5.91 Å². The molecule has 0 aliphatic heterocycles. The third-order valence-corrected chi connectivity index (χ3v) is 2.20. The summed E-state index contributed by atoms with van der Waals surface area (Å²) in [5, 5.41) is 4.28.